The molecule has 0 saturated heterocycles. The van der Waals surface area contributed by atoms with E-state index in [1.807, 2.05) is 12.1 Å². The molecule has 0 spiro atoms. The van der Waals surface area contributed by atoms with Crippen LogP contribution in [0.25, 0.3) is 0 Å². The van der Waals surface area contributed by atoms with Crippen LogP contribution in [0.5, 0.6) is 11.5 Å². The molecule has 0 fully saturated rings. The summed E-state index contributed by atoms with van der Waals surface area (Å²) >= 11 is 0. The van der Waals surface area contributed by atoms with Crippen molar-refractivity contribution in [2.75, 3.05) is 13.2 Å². The largest absolute Gasteiger partial charge is 0.698 e. The SMILES string of the molecule is CC(Oc1ccccc1)C(=O)CO[P+](=O)OCC(=O)C(C)Oc1ccccc1. The standard InChI is InChI=1S/C20H22O7P/c1-15(26-17-9-5-3-6-10-17)19(21)13-24-28(23)25-14-20(22)16(2)27-18-11-7-4-8-12-18/h3-12,15-16H,13-14H2,1-2H3/q+1. The summed E-state index contributed by atoms with van der Waals surface area (Å²) in [5.41, 5.74) is 0. The van der Waals surface area contributed by atoms with E-state index in [2.05, 4.69) is 0 Å². The normalized spacial score (nSPS) is 13.3. The molecular formula is C20H22O7P+. The van der Waals surface area contributed by atoms with E-state index in [1.165, 1.54) is 0 Å². The molecule has 8 heteroatoms. The summed E-state index contributed by atoms with van der Waals surface area (Å²) in [6.07, 6.45) is -1.54. The van der Waals surface area contributed by atoms with E-state index in [0.29, 0.717) is 11.5 Å². The van der Waals surface area contributed by atoms with Crippen LogP contribution in [0, 0.1) is 0 Å². The molecule has 28 heavy (non-hydrogen) atoms. The molecule has 0 amide bonds. The molecule has 0 heterocycles. The van der Waals surface area contributed by atoms with Gasteiger partial charge in [0, 0.05) is 4.57 Å². The molecule has 148 valence electrons. The Labute approximate surface area is 164 Å². The smallest absolute Gasteiger partial charge is 0.483 e. The molecule has 2 rings (SSSR count). The number of Topliss-reactive ketones (excluding diaryl/α,β-unsaturated/α-hetero) is 2. The van der Waals surface area contributed by atoms with Crippen molar-refractivity contribution in [3.8, 4) is 11.5 Å². The first-order chi connectivity index (χ1) is 13.5. The highest BCUT2D eigenvalue weighted by Crippen LogP contribution is 2.24. The van der Waals surface area contributed by atoms with Crippen LogP contribution >= 0.6 is 8.25 Å². The maximum Gasteiger partial charge on any atom is 0.698 e. The molecular weight excluding hydrogens is 383 g/mol. The highest BCUT2D eigenvalue weighted by molar-refractivity contribution is 7.33. The van der Waals surface area contributed by atoms with E-state index in [1.54, 1.807) is 62.4 Å². The summed E-state index contributed by atoms with van der Waals surface area (Å²) < 4.78 is 32.4. The Hall–Kier alpha value is -2.60. The van der Waals surface area contributed by atoms with Crippen molar-refractivity contribution in [2.24, 2.45) is 0 Å². The van der Waals surface area contributed by atoms with Gasteiger partial charge in [-0.05, 0) is 38.1 Å². The maximum atomic E-state index is 12.0. The van der Waals surface area contributed by atoms with Gasteiger partial charge in [-0.25, -0.2) is 0 Å². The monoisotopic (exact) mass is 405 g/mol. The van der Waals surface area contributed by atoms with Crippen LogP contribution in [0.2, 0.25) is 0 Å². The van der Waals surface area contributed by atoms with E-state index < -0.39 is 45.2 Å². The zero-order valence-electron chi connectivity index (χ0n) is 15.6. The second kappa shape index (κ2) is 11.3. The number of hydrogen-bond donors (Lipinski definition) is 0. The molecule has 2 atom stereocenters. The van der Waals surface area contributed by atoms with Crippen LogP contribution in [0.4, 0.5) is 0 Å². The van der Waals surface area contributed by atoms with Crippen molar-refractivity contribution in [3.05, 3.63) is 60.7 Å². The Kier molecular flexibility index (Phi) is 8.75. The predicted octanol–water partition coefficient (Wildman–Crippen LogP) is 3.75. The first kappa shape index (κ1) is 21.7. The lowest BCUT2D eigenvalue weighted by Gasteiger charge is -2.12. The van der Waals surface area contributed by atoms with Crippen molar-refractivity contribution in [2.45, 2.75) is 26.1 Å². The van der Waals surface area contributed by atoms with Gasteiger partial charge in [0.1, 0.15) is 11.5 Å². The molecule has 0 aliphatic heterocycles. The van der Waals surface area contributed by atoms with Crippen molar-refractivity contribution in [1.29, 1.82) is 0 Å². The Bertz CT molecular complexity index is 714. The van der Waals surface area contributed by atoms with E-state index in [4.69, 9.17) is 18.5 Å². The van der Waals surface area contributed by atoms with Gasteiger partial charge in [-0.15, -0.1) is 9.05 Å². The average Bonchev–Trinajstić information content (AvgIpc) is 2.71. The van der Waals surface area contributed by atoms with Gasteiger partial charge in [-0.1, -0.05) is 36.4 Å². The van der Waals surface area contributed by atoms with Gasteiger partial charge in [-0.2, -0.15) is 0 Å². The lowest BCUT2D eigenvalue weighted by Crippen LogP contribution is -2.28. The fourth-order valence-corrected chi connectivity index (χ4v) is 2.58. The molecule has 0 N–H and O–H groups in total. The summed E-state index contributed by atoms with van der Waals surface area (Å²) in [6, 6.07) is 17.7. The first-order valence-electron chi connectivity index (χ1n) is 8.67. The molecule has 0 saturated carbocycles. The zero-order chi connectivity index (χ0) is 20.4. The molecule has 0 aliphatic carbocycles. The summed E-state index contributed by atoms with van der Waals surface area (Å²) in [5.74, 6) is 0.287. The maximum absolute atomic E-state index is 12.0. The topological polar surface area (TPSA) is 88.1 Å². The van der Waals surface area contributed by atoms with E-state index >= 15 is 0 Å². The van der Waals surface area contributed by atoms with E-state index in [9.17, 15) is 14.2 Å². The summed E-state index contributed by atoms with van der Waals surface area (Å²) in [7, 11) is -2.62. The predicted molar refractivity (Wildman–Crippen MR) is 103 cm³/mol. The molecule has 0 aliphatic rings. The van der Waals surface area contributed by atoms with Crippen LogP contribution in [0.1, 0.15) is 13.8 Å². The second-order valence-corrected chi connectivity index (χ2v) is 6.81. The molecule has 2 aromatic rings. The minimum Gasteiger partial charge on any atom is -0.483 e. The Balaban J connectivity index is 1.67. The number of benzene rings is 2. The first-order valence-corrected chi connectivity index (χ1v) is 9.77. The van der Waals surface area contributed by atoms with Crippen LogP contribution in [0.3, 0.4) is 0 Å². The van der Waals surface area contributed by atoms with Crippen LogP contribution in [-0.4, -0.2) is 37.0 Å². The third-order valence-electron chi connectivity index (χ3n) is 3.64. The average molecular weight is 405 g/mol. The third kappa shape index (κ3) is 7.56. The number of ketones is 2. The Morgan fingerprint density at radius 3 is 1.46 bits per heavy atom. The number of rotatable bonds is 12. The van der Waals surface area contributed by atoms with Gasteiger partial charge < -0.3 is 9.47 Å². The minimum absolute atomic E-state index is 0.400. The van der Waals surface area contributed by atoms with Crippen molar-refractivity contribution in [3.63, 3.8) is 0 Å². The molecule has 7 nitrogen and oxygen atoms in total. The zero-order valence-corrected chi connectivity index (χ0v) is 16.5. The molecule has 0 radical (unpaired) electrons. The summed E-state index contributed by atoms with van der Waals surface area (Å²) in [6.45, 7) is 2.23. The van der Waals surface area contributed by atoms with E-state index in [0.717, 1.165) is 0 Å². The quantitative estimate of drug-likeness (QED) is 0.497. The van der Waals surface area contributed by atoms with Crippen molar-refractivity contribution in [1.82, 2.24) is 0 Å². The fourth-order valence-electron chi connectivity index (χ4n) is 2.04. The fraction of sp³-hybridized carbons (Fsp3) is 0.300. The van der Waals surface area contributed by atoms with Gasteiger partial charge in [0.2, 0.25) is 11.6 Å². The minimum atomic E-state index is -2.62. The van der Waals surface area contributed by atoms with Crippen molar-refractivity contribution < 1.29 is 32.7 Å². The lowest BCUT2D eigenvalue weighted by molar-refractivity contribution is -0.127. The van der Waals surface area contributed by atoms with Crippen LogP contribution in [-0.2, 0) is 23.2 Å². The Morgan fingerprint density at radius 1 is 0.750 bits per heavy atom. The van der Waals surface area contributed by atoms with Crippen LogP contribution < -0.4 is 9.47 Å². The van der Waals surface area contributed by atoms with Gasteiger partial charge in [0.25, 0.3) is 0 Å². The lowest BCUT2D eigenvalue weighted by atomic mass is 10.2. The highest BCUT2D eigenvalue weighted by atomic mass is 31.1. The number of carbonyl (C=O) groups is 2. The Morgan fingerprint density at radius 2 is 1.11 bits per heavy atom. The summed E-state index contributed by atoms with van der Waals surface area (Å²) in [4.78, 5) is 24.0. The number of carbonyl (C=O) groups excluding carboxylic acids is 2. The van der Waals surface area contributed by atoms with Gasteiger partial charge in [-0.3, -0.25) is 9.59 Å². The van der Waals surface area contributed by atoms with Crippen molar-refractivity contribution >= 4 is 19.8 Å². The molecule has 0 bridgehead atoms. The van der Waals surface area contributed by atoms with E-state index in [-0.39, 0.29) is 0 Å². The number of hydrogen-bond acceptors (Lipinski definition) is 7. The second-order valence-electron chi connectivity index (χ2n) is 5.85. The number of ether oxygens (including phenoxy) is 2. The highest BCUT2D eigenvalue weighted by Gasteiger charge is 2.28. The van der Waals surface area contributed by atoms with Gasteiger partial charge in [0.15, 0.2) is 25.4 Å². The molecule has 0 aromatic heterocycles. The molecule has 2 unspecified atom stereocenters. The van der Waals surface area contributed by atoms with Gasteiger partial charge in [0.05, 0.1) is 0 Å². The third-order valence-corrected chi connectivity index (χ3v) is 4.32. The van der Waals surface area contributed by atoms with Crippen LogP contribution in [0.15, 0.2) is 60.7 Å². The molecule has 2 aromatic carbocycles. The number of para-hydroxylation sites is 2. The summed E-state index contributed by atoms with van der Waals surface area (Å²) in [5, 5.41) is 0. The van der Waals surface area contributed by atoms with Gasteiger partial charge >= 0.3 is 8.25 Å².